The second-order valence-electron chi connectivity index (χ2n) is 5.69. The zero-order chi connectivity index (χ0) is 15.4. The number of fused-ring (bicyclic) bond motifs is 1. The monoisotopic (exact) mass is 298 g/mol. The summed E-state index contributed by atoms with van der Waals surface area (Å²) in [5, 5.41) is 11.6. The summed E-state index contributed by atoms with van der Waals surface area (Å²) >= 11 is 0. The summed E-state index contributed by atoms with van der Waals surface area (Å²) in [4.78, 5) is 4.39. The van der Waals surface area contributed by atoms with E-state index in [2.05, 4.69) is 25.1 Å². The minimum atomic E-state index is 0.400. The Morgan fingerprint density at radius 3 is 3.09 bits per heavy atom. The first kappa shape index (κ1) is 14.6. The van der Waals surface area contributed by atoms with Gasteiger partial charge in [0.2, 0.25) is 0 Å². The molecular weight excluding hydrogens is 276 g/mol. The van der Waals surface area contributed by atoms with Crippen LogP contribution in [0.3, 0.4) is 0 Å². The third kappa shape index (κ3) is 3.44. The lowest BCUT2D eigenvalue weighted by molar-refractivity contribution is 0.606. The van der Waals surface area contributed by atoms with Crippen LogP contribution in [0.2, 0.25) is 0 Å². The first-order chi connectivity index (χ1) is 10.7. The van der Waals surface area contributed by atoms with E-state index < -0.39 is 0 Å². The van der Waals surface area contributed by atoms with Crippen LogP contribution in [0.15, 0.2) is 29.3 Å². The van der Waals surface area contributed by atoms with E-state index in [0.29, 0.717) is 12.5 Å². The number of aliphatic imine (C=N–C) groups is 1. The van der Waals surface area contributed by atoms with E-state index in [1.165, 1.54) is 24.8 Å². The Labute approximate surface area is 130 Å². The molecule has 0 bridgehead atoms. The van der Waals surface area contributed by atoms with Crippen molar-refractivity contribution in [2.75, 3.05) is 5.32 Å². The summed E-state index contributed by atoms with van der Waals surface area (Å²) in [5.74, 6) is 2.37. The zero-order valence-corrected chi connectivity index (χ0v) is 12.9. The summed E-state index contributed by atoms with van der Waals surface area (Å²) in [6, 6.07) is 8.04. The normalized spacial score (nSPS) is 15.2. The molecule has 0 saturated heterocycles. The Morgan fingerprint density at radius 1 is 1.32 bits per heavy atom. The number of nitrogens with two attached hydrogens (primary N) is 1. The van der Waals surface area contributed by atoms with Crippen molar-refractivity contribution in [2.24, 2.45) is 10.7 Å². The third-order valence-electron chi connectivity index (χ3n) is 3.87. The lowest BCUT2D eigenvalue weighted by Crippen LogP contribution is -2.23. The van der Waals surface area contributed by atoms with Crippen LogP contribution in [0.5, 0.6) is 0 Å². The molecule has 2 heterocycles. The van der Waals surface area contributed by atoms with Crippen molar-refractivity contribution < 1.29 is 0 Å². The molecule has 3 N–H and O–H groups in total. The first-order valence-corrected chi connectivity index (χ1v) is 7.77. The molecule has 6 heteroatoms. The van der Waals surface area contributed by atoms with Crippen molar-refractivity contribution in [3.05, 3.63) is 41.5 Å². The fourth-order valence-corrected chi connectivity index (χ4v) is 2.73. The van der Waals surface area contributed by atoms with E-state index >= 15 is 0 Å². The molecule has 0 atom stereocenters. The molecule has 22 heavy (non-hydrogen) atoms. The van der Waals surface area contributed by atoms with E-state index in [-0.39, 0.29) is 0 Å². The Balaban J connectivity index is 1.67. The molecule has 2 aromatic rings. The molecule has 0 spiro atoms. The second kappa shape index (κ2) is 6.60. The van der Waals surface area contributed by atoms with Crippen LogP contribution in [-0.4, -0.2) is 20.7 Å². The highest BCUT2D eigenvalue weighted by atomic mass is 15.3. The zero-order valence-electron chi connectivity index (χ0n) is 12.9. The van der Waals surface area contributed by atoms with Gasteiger partial charge in [-0.3, -0.25) is 0 Å². The van der Waals surface area contributed by atoms with Gasteiger partial charge in [-0.15, -0.1) is 10.2 Å². The van der Waals surface area contributed by atoms with Crippen LogP contribution in [-0.2, 0) is 19.5 Å². The standard InChI is InChI=1S/C16H22N6/c1-12-6-5-7-13(10-12)19-16(17)18-11-15-21-20-14-8-3-2-4-9-22(14)15/h5-7,10H,2-4,8-9,11H2,1H3,(H3,17,18,19). The van der Waals surface area contributed by atoms with Crippen LogP contribution in [0.25, 0.3) is 0 Å². The highest BCUT2D eigenvalue weighted by Crippen LogP contribution is 2.15. The molecule has 116 valence electrons. The first-order valence-electron chi connectivity index (χ1n) is 7.77. The number of benzene rings is 1. The van der Waals surface area contributed by atoms with Crippen LogP contribution < -0.4 is 11.1 Å². The number of anilines is 1. The number of nitrogens with zero attached hydrogens (tertiary/aromatic N) is 4. The largest absolute Gasteiger partial charge is 0.370 e. The molecule has 0 saturated carbocycles. The minimum Gasteiger partial charge on any atom is -0.370 e. The molecule has 1 aromatic carbocycles. The number of rotatable bonds is 3. The number of aryl methyl sites for hydroxylation is 2. The molecule has 1 aliphatic rings. The van der Waals surface area contributed by atoms with Crippen LogP contribution >= 0.6 is 0 Å². The van der Waals surface area contributed by atoms with Gasteiger partial charge in [-0.2, -0.15) is 0 Å². The van der Waals surface area contributed by atoms with Crippen molar-refractivity contribution in [3.63, 3.8) is 0 Å². The van der Waals surface area contributed by atoms with Crippen molar-refractivity contribution in [1.29, 1.82) is 0 Å². The number of hydrogen-bond acceptors (Lipinski definition) is 3. The van der Waals surface area contributed by atoms with E-state index in [0.717, 1.165) is 30.3 Å². The van der Waals surface area contributed by atoms with Gasteiger partial charge in [0.25, 0.3) is 0 Å². The van der Waals surface area contributed by atoms with Crippen molar-refractivity contribution >= 4 is 11.6 Å². The molecule has 0 unspecified atom stereocenters. The Hall–Kier alpha value is -2.37. The molecule has 1 aliphatic heterocycles. The number of nitrogens with one attached hydrogen (secondary N) is 1. The fraction of sp³-hybridized carbons (Fsp3) is 0.438. The molecule has 0 radical (unpaired) electrons. The van der Waals surface area contributed by atoms with Crippen molar-refractivity contribution in [2.45, 2.75) is 45.7 Å². The van der Waals surface area contributed by atoms with Gasteiger partial charge >= 0.3 is 0 Å². The molecule has 0 aliphatic carbocycles. The SMILES string of the molecule is Cc1cccc(NC(N)=NCc2nnc3n2CCCCC3)c1. The summed E-state index contributed by atoms with van der Waals surface area (Å²) in [6.07, 6.45) is 4.63. The third-order valence-corrected chi connectivity index (χ3v) is 3.87. The van der Waals surface area contributed by atoms with Gasteiger partial charge in [0.15, 0.2) is 11.8 Å². The van der Waals surface area contributed by atoms with Crippen LogP contribution in [0, 0.1) is 6.92 Å². The van der Waals surface area contributed by atoms with Gasteiger partial charge in [-0.1, -0.05) is 18.6 Å². The van der Waals surface area contributed by atoms with E-state index in [4.69, 9.17) is 5.73 Å². The van der Waals surface area contributed by atoms with Gasteiger partial charge in [0, 0.05) is 18.7 Å². The van der Waals surface area contributed by atoms with Crippen molar-refractivity contribution in [1.82, 2.24) is 14.8 Å². The number of aromatic nitrogens is 3. The summed E-state index contributed by atoms with van der Waals surface area (Å²) in [6.45, 7) is 3.49. The molecule has 0 amide bonds. The van der Waals surface area contributed by atoms with E-state index in [1.54, 1.807) is 0 Å². The molecule has 0 fully saturated rings. The van der Waals surface area contributed by atoms with Gasteiger partial charge in [-0.05, 0) is 37.5 Å². The average molecular weight is 298 g/mol. The lowest BCUT2D eigenvalue weighted by Gasteiger charge is -2.07. The van der Waals surface area contributed by atoms with E-state index in [1.807, 2.05) is 31.2 Å². The second-order valence-corrected chi connectivity index (χ2v) is 5.69. The van der Waals surface area contributed by atoms with Gasteiger partial charge < -0.3 is 15.6 Å². The predicted octanol–water partition coefficient (Wildman–Crippen LogP) is 2.24. The highest BCUT2D eigenvalue weighted by Gasteiger charge is 2.14. The topological polar surface area (TPSA) is 81.1 Å². The number of hydrogen-bond donors (Lipinski definition) is 2. The molecular formula is C16H22N6. The Morgan fingerprint density at radius 2 is 2.23 bits per heavy atom. The summed E-state index contributed by atoms with van der Waals surface area (Å²) < 4.78 is 2.19. The Kier molecular flexibility index (Phi) is 4.37. The number of guanidine groups is 1. The molecule has 1 aromatic heterocycles. The quantitative estimate of drug-likeness (QED) is 0.672. The maximum absolute atomic E-state index is 5.96. The van der Waals surface area contributed by atoms with Gasteiger partial charge in [0.1, 0.15) is 12.4 Å². The summed E-state index contributed by atoms with van der Waals surface area (Å²) in [7, 11) is 0. The maximum Gasteiger partial charge on any atom is 0.193 e. The van der Waals surface area contributed by atoms with Gasteiger partial charge in [0.05, 0.1) is 0 Å². The average Bonchev–Trinajstić information content (AvgIpc) is 2.72. The lowest BCUT2D eigenvalue weighted by atomic mass is 10.2. The fourth-order valence-electron chi connectivity index (χ4n) is 2.73. The van der Waals surface area contributed by atoms with E-state index in [9.17, 15) is 0 Å². The summed E-state index contributed by atoms with van der Waals surface area (Å²) in [5.41, 5.74) is 8.09. The van der Waals surface area contributed by atoms with Crippen molar-refractivity contribution in [3.8, 4) is 0 Å². The minimum absolute atomic E-state index is 0.400. The Bertz CT molecular complexity index is 673. The molecule has 3 rings (SSSR count). The highest BCUT2D eigenvalue weighted by molar-refractivity contribution is 5.92. The van der Waals surface area contributed by atoms with Crippen LogP contribution in [0.4, 0.5) is 5.69 Å². The predicted molar refractivity (Wildman–Crippen MR) is 87.7 cm³/mol. The smallest absolute Gasteiger partial charge is 0.193 e. The van der Waals surface area contributed by atoms with Gasteiger partial charge in [-0.25, -0.2) is 4.99 Å². The van der Waals surface area contributed by atoms with Crippen LogP contribution in [0.1, 0.15) is 36.5 Å². The molecule has 6 nitrogen and oxygen atoms in total. The maximum atomic E-state index is 5.96.